The molecule has 0 spiro atoms. The van der Waals surface area contributed by atoms with E-state index in [-0.39, 0.29) is 5.69 Å². The van der Waals surface area contributed by atoms with Crippen molar-refractivity contribution in [3.05, 3.63) is 45.8 Å². The quantitative estimate of drug-likeness (QED) is 0.910. The molecule has 0 amide bonds. The third-order valence-electron chi connectivity index (χ3n) is 2.30. The number of halogens is 2. The molecular weight excluding hydrogens is 271 g/mol. The molecule has 1 aromatic carbocycles. The molecule has 0 fully saturated rings. The van der Waals surface area contributed by atoms with Crippen LogP contribution in [0.3, 0.4) is 0 Å². The van der Waals surface area contributed by atoms with Crippen molar-refractivity contribution in [2.24, 2.45) is 0 Å². The van der Waals surface area contributed by atoms with Gasteiger partial charge >= 0.3 is 0 Å². The molecule has 0 unspecified atom stereocenters. The van der Waals surface area contributed by atoms with E-state index in [0.29, 0.717) is 21.6 Å². The van der Waals surface area contributed by atoms with E-state index in [1.807, 2.05) is 19.1 Å². The predicted octanol–water partition coefficient (Wildman–Crippen LogP) is 3.71. The smallest absolute Gasteiger partial charge is 0.158 e. The van der Waals surface area contributed by atoms with Gasteiger partial charge in [0, 0.05) is 0 Å². The molecule has 4 nitrogen and oxygen atoms in total. The highest BCUT2D eigenvalue weighted by Crippen LogP contribution is 2.34. The van der Waals surface area contributed by atoms with Crippen LogP contribution in [0.2, 0.25) is 10.0 Å². The Morgan fingerprint density at radius 2 is 2.00 bits per heavy atom. The van der Waals surface area contributed by atoms with Gasteiger partial charge in [0.05, 0.1) is 28.1 Å². The second kappa shape index (κ2) is 5.21. The second-order valence-corrected chi connectivity index (χ2v) is 4.36. The maximum absolute atomic E-state index is 8.63. The molecule has 0 atom stereocenters. The maximum atomic E-state index is 8.63. The maximum Gasteiger partial charge on any atom is 0.158 e. The fraction of sp³-hybridized carbons (Fsp3) is 0.0833. The van der Waals surface area contributed by atoms with E-state index in [1.165, 1.54) is 12.4 Å². The molecule has 2 aromatic rings. The van der Waals surface area contributed by atoms with Gasteiger partial charge in [-0.1, -0.05) is 29.3 Å². The van der Waals surface area contributed by atoms with Gasteiger partial charge in [-0.05, 0) is 18.6 Å². The summed E-state index contributed by atoms with van der Waals surface area (Å²) in [6.45, 7) is 1.88. The number of hydrogen-bond acceptors (Lipinski definition) is 4. The largest absolute Gasteiger partial charge is 0.337 e. The zero-order chi connectivity index (χ0) is 13.1. The number of nitrogens with one attached hydrogen (secondary N) is 1. The van der Waals surface area contributed by atoms with Gasteiger partial charge in [0.25, 0.3) is 0 Å². The molecule has 0 bridgehead atoms. The van der Waals surface area contributed by atoms with Crippen LogP contribution in [-0.2, 0) is 0 Å². The minimum absolute atomic E-state index is 0.252. The Kier molecular flexibility index (Phi) is 3.66. The normalized spacial score (nSPS) is 9.89. The Morgan fingerprint density at radius 3 is 2.61 bits per heavy atom. The summed E-state index contributed by atoms with van der Waals surface area (Å²) in [5.41, 5.74) is 1.74. The lowest BCUT2D eigenvalue weighted by molar-refractivity contribution is 1.16. The molecule has 0 saturated carbocycles. The van der Waals surface area contributed by atoms with Crippen molar-refractivity contribution in [3.8, 4) is 6.07 Å². The van der Waals surface area contributed by atoms with Crippen LogP contribution in [0.4, 0.5) is 11.5 Å². The fourth-order valence-corrected chi connectivity index (χ4v) is 1.81. The van der Waals surface area contributed by atoms with Gasteiger partial charge in [-0.15, -0.1) is 0 Å². The number of aryl methyl sites for hydroxylation is 1. The molecule has 0 saturated heterocycles. The van der Waals surface area contributed by atoms with Crippen LogP contribution < -0.4 is 5.32 Å². The molecule has 1 heterocycles. The zero-order valence-electron chi connectivity index (χ0n) is 9.41. The lowest BCUT2D eigenvalue weighted by Crippen LogP contribution is -1.97. The number of hydrogen-bond donors (Lipinski definition) is 1. The van der Waals surface area contributed by atoms with Crippen molar-refractivity contribution in [1.82, 2.24) is 9.97 Å². The Morgan fingerprint density at radius 1 is 1.22 bits per heavy atom. The number of aromatic nitrogens is 2. The van der Waals surface area contributed by atoms with E-state index in [9.17, 15) is 0 Å². The predicted molar refractivity (Wildman–Crippen MR) is 71.2 cm³/mol. The van der Waals surface area contributed by atoms with Gasteiger partial charge < -0.3 is 5.32 Å². The first-order valence-electron chi connectivity index (χ1n) is 5.05. The van der Waals surface area contributed by atoms with Gasteiger partial charge in [-0.25, -0.2) is 9.97 Å². The number of nitriles is 1. The van der Waals surface area contributed by atoms with Crippen molar-refractivity contribution in [3.63, 3.8) is 0 Å². The van der Waals surface area contributed by atoms with Crippen LogP contribution in [-0.4, -0.2) is 9.97 Å². The molecule has 0 aliphatic heterocycles. The van der Waals surface area contributed by atoms with Crippen LogP contribution in [0.25, 0.3) is 0 Å². The highest BCUT2D eigenvalue weighted by molar-refractivity contribution is 6.39. The third-order valence-corrected chi connectivity index (χ3v) is 3.11. The van der Waals surface area contributed by atoms with Crippen molar-refractivity contribution in [2.45, 2.75) is 6.92 Å². The Labute approximate surface area is 114 Å². The van der Waals surface area contributed by atoms with E-state index in [0.717, 1.165) is 5.56 Å². The van der Waals surface area contributed by atoms with Crippen LogP contribution >= 0.6 is 23.2 Å². The minimum Gasteiger partial charge on any atom is -0.337 e. The van der Waals surface area contributed by atoms with Crippen LogP contribution in [0.5, 0.6) is 0 Å². The van der Waals surface area contributed by atoms with Crippen LogP contribution in [0.15, 0.2) is 24.5 Å². The average Bonchev–Trinajstić information content (AvgIpc) is 2.40. The topological polar surface area (TPSA) is 61.6 Å². The summed E-state index contributed by atoms with van der Waals surface area (Å²) in [6, 6.07) is 5.48. The molecule has 2 rings (SSSR count). The SMILES string of the molecule is Cc1ccc(Cl)c(Nc2cnc(C#N)cn2)c1Cl. The molecule has 0 aliphatic rings. The monoisotopic (exact) mass is 278 g/mol. The minimum atomic E-state index is 0.252. The molecule has 18 heavy (non-hydrogen) atoms. The standard InChI is InChI=1S/C12H8Cl2N4/c1-7-2-3-9(13)12(11(7)14)18-10-6-16-8(4-15)5-17-10/h2-3,5-6H,1H3,(H,17,18). The van der Waals surface area contributed by atoms with Crippen molar-refractivity contribution in [1.29, 1.82) is 5.26 Å². The van der Waals surface area contributed by atoms with E-state index in [4.69, 9.17) is 28.5 Å². The van der Waals surface area contributed by atoms with E-state index >= 15 is 0 Å². The average molecular weight is 279 g/mol. The highest BCUT2D eigenvalue weighted by atomic mass is 35.5. The Hall–Kier alpha value is -1.83. The molecule has 0 aliphatic carbocycles. The Balaban J connectivity index is 2.34. The number of nitrogens with zero attached hydrogens (tertiary/aromatic N) is 3. The summed E-state index contributed by atoms with van der Waals surface area (Å²) >= 11 is 12.2. The van der Waals surface area contributed by atoms with Gasteiger partial charge in [0.15, 0.2) is 5.69 Å². The van der Waals surface area contributed by atoms with Crippen LogP contribution in [0, 0.1) is 18.3 Å². The van der Waals surface area contributed by atoms with Gasteiger partial charge in [-0.3, -0.25) is 0 Å². The summed E-state index contributed by atoms with van der Waals surface area (Å²) in [6.07, 6.45) is 2.83. The molecular formula is C12H8Cl2N4. The number of rotatable bonds is 2. The van der Waals surface area contributed by atoms with Crippen molar-refractivity contribution >= 4 is 34.7 Å². The zero-order valence-corrected chi connectivity index (χ0v) is 10.9. The lowest BCUT2D eigenvalue weighted by Gasteiger charge is -2.11. The first-order chi connectivity index (χ1) is 8.61. The van der Waals surface area contributed by atoms with E-state index < -0.39 is 0 Å². The molecule has 1 aromatic heterocycles. The molecule has 0 radical (unpaired) electrons. The lowest BCUT2D eigenvalue weighted by atomic mass is 10.2. The molecule has 90 valence electrons. The molecule has 6 heteroatoms. The number of benzene rings is 1. The van der Waals surface area contributed by atoms with Gasteiger partial charge in [0.1, 0.15) is 11.9 Å². The summed E-state index contributed by atoms with van der Waals surface area (Å²) in [5.74, 6) is 0.475. The van der Waals surface area contributed by atoms with Gasteiger partial charge in [-0.2, -0.15) is 5.26 Å². The number of anilines is 2. The van der Waals surface area contributed by atoms with Crippen molar-refractivity contribution < 1.29 is 0 Å². The summed E-state index contributed by atoms with van der Waals surface area (Å²) in [4.78, 5) is 7.95. The third kappa shape index (κ3) is 2.53. The summed E-state index contributed by atoms with van der Waals surface area (Å²) in [5, 5.41) is 12.6. The summed E-state index contributed by atoms with van der Waals surface area (Å²) in [7, 11) is 0. The molecule has 1 N–H and O–H groups in total. The highest BCUT2D eigenvalue weighted by Gasteiger charge is 2.09. The van der Waals surface area contributed by atoms with E-state index in [2.05, 4.69) is 15.3 Å². The van der Waals surface area contributed by atoms with Crippen molar-refractivity contribution in [2.75, 3.05) is 5.32 Å². The van der Waals surface area contributed by atoms with Crippen LogP contribution in [0.1, 0.15) is 11.3 Å². The van der Waals surface area contributed by atoms with E-state index in [1.54, 1.807) is 6.07 Å². The summed E-state index contributed by atoms with van der Waals surface area (Å²) < 4.78 is 0. The first-order valence-corrected chi connectivity index (χ1v) is 5.81. The van der Waals surface area contributed by atoms with Gasteiger partial charge in [0.2, 0.25) is 0 Å². The second-order valence-electron chi connectivity index (χ2n) is 3.58. The fourth-order valence-electron chi connectivity index (χ4n) is 1.35. The first kappa shape index (κ1) is 12.6. The Bertz CT molecular complexity index is 617.